The maximum absolute atomic E-state index is 13.2. The molecule has 1 unspecified atom stereocenters. The largest absolute Gasteiger partial charge is 0.380 e. The van der Waals surface area contributed by atoms with Crippen LogP contribution in [0.4, 0.5) is 0 Å². The summed E-state index contributed by atoms with van der Waals surface area (Å²) in [7, 11) is -2.00. The Hall–Kier alpha value is -1.15. The molecule has 0 saturated carbocycles. The molecule has 1 N–H and O–H groups in total. The number of halogens is 2. The van der Waals surface area contributed by atoms with Gasteiger partial charge in [0.25, 0.3) is 0 Å². The first-order valence-corrected chi connectivity index (χ1v) is 9.90. The Balaban J connectivity index is 0.00000243. The van der Waals surface area contributed by atoms with Crippen LogP contribution >= 0.6 is 24.0 Å². The molecule has 1 heterocycles. The molecule has 142 valence electrons. The van der Waals surface area contributed by atoms with Gasteiger partial charge in [-0.25, -0.2) is 8.42 Å². The Morgan fingerprint density at radius 1 is 1.19 bits per heavy atom. The van der Waals surface area contributed by atoms with Crippen molar-refractivity contribution >= 4 is 34.0 Å². The summed E-state index contributed by atoms with van der Waals surface area (Å²) in [5, 5.41) is 3.83. The number of piperazine rings is 1. The number of nitrogens with one attached hydrogen (secondary N) is 1. The van der Waals surface area contributed by atoms with E-state index >= 15 is 0 Å². The van der Waals surface area contributed by atoms with Crippen LogP contribution < -0.4 is 5.32 Å². The maximum atomic E-state index is 13.2. The molecule has 1 aliphatic rings. The van der Waals surface area contributed by atoms with Crippen molar-refractivity contribution in [2.45, 2.75) is 17.5 Å². The second-order valence-corrected chi connectivity index (χ2v) is 8.23. The molecule has 1 saturated heterocycles. The molecule has 26 heavy (non-hydrogen) atoms. The van der Waals surface area contributed by atoms with Crippen molar-refractivity contribution in [3.63, 3.8) is 0 Å². The summed E-state index contributed by atoms with van der Waals surface area (Å²) < 4.78 is 33.0. The zero-order valence-corrected chi connectivity index (χ0v) is 16.8. The van der Waals surface area contributed by atoms with Gasteiger partial charge in [-0.1, -0.05) is 41.9 Å². The van der Waals surface area contributed by atoms with Crippen molar-refractivity contribution in [1.82, 2.24) is 9.62 Å². The summed E-state index contributed by atoms with van der Waals surface area (Å²) in [6.07, 6.45) is 0. The first-order valence-electron chi connectivity index (χ1n) is 8.09. The number of nitrogens with zero attached hydrogens (tertiary/aromatic N) is 1. The van der Waals surface area contributed by atoms with Crippen LogP contribution in [-0.2, 0) is 21.4 Å². The van der Waals surface area contributed by atoms with E-state index in [0.29, 0.717) is 31.3 Å². The summed E-state index contributed by atoms with van der Waals surface area (Å²) in [6.45, 7) is 2.00. The average molecular weight is 417 g/mol. The average Bonchev–Trinajstić information content (AvgIpc) is 2.63. The van der Waals surface area contributed by atoms with E-state index in [-0.39, 0.29) is 23.3 Å². The quantitative estimate of drug-likeness (QED) is 0.812. The molecule has 1 aliphatic heterocycles. The number of methoxy groups -OCH3 is 1. The summed E-state index contributed by atoms with van der Waals surface area (Å²) in [6, 6.07) is 13.9. The number of hydrogen-bond acceptors (Lipinski definition) is 4. The summed E-state index contributed by atoms with van der Waals surface area (Å²) in [5.74, 6) is 0. The molecule has 0 radical (unpaired) electrons. The van der Waals surface area contributed by atoms with Crippen molar-refractivity contribution in [1.29, 1.82) is 0 Å². The van der Waals surface area contributed by atoms with Crippen molar-refractivity contribution in [2.75, 3.05) is 26.7 Å². The first-order chi connectivity index (χ1) is 12.0. The van der Waals surface area contributed by atoms with Crippen LogP contribution in [-0.4, -0.2) is 39.5 Å². The third kappa shape index (κ3) is 4.39. The lowest BCUT2D eigenvalue weighted by molar-refractivity contribution is 0.185. The van der Waals surface area contributed by atoms with Crippen LogP contribution in [0.2, 0.25) is 5.02 Å². The fraction of sp³-hybridized carbons (Fsp3) is 0.333. The monoisotopic (exact) mass is 416 g/mol. The van der Waals surface area contributed by atoms with Gasteiger partial charge in [-0.05, 0) is 29.3 Å². The lowest BCUT2D eigenvalue weighted by Gasteiger charge is -2.35. The number of sulfonamides is 1. The highest BCUT2D eigenvalue weighted by molar-refractivity contribution is 7.89. The molecule has 1 fully saturated rings. The van der Waals surface area contributed by atoms with E-state index in [2.05, 4.69) is 5.32 Å². The number of rotatable bonds is 5. The van der Waals surface area contributed by atoms with Crippen LogP contribution in [0.1, 0.15) is 17.2 Å². The van der Waals surface area contributed by atoms with Crippen molar-refractivity contribution < 1.29 is 13.2 Å². The zero-order valence-electron chi connectivity index (χ0n) is 14.4. The number of ether oxygens (including phenoxy) is 1. The second-order valence-electron chi connectivity index (χ2n) is 5.93. The molecule has 2 aromatic rings. The van der Waals surface area contributed by atoms with Gasteiger partial charge in [0, 0.05) is 31.8 Å². The molecule has 3 rings (SSSR count). The second kappa shape index (κ2) is 9.17. The van der Waals surface area contributed by atoms with E-state index in [1.54, 1.807) is 37.4 Å². The molecular formula is C18H22Cl2N2O3S. The Labute approximate surface area is 165 Å². The smallest absolute Gasteiger partial charge is 0.243 e. The Morgan fingerprint density at radius 3 is 2.54 bits per heavy atom. The van der Waals surface area contributed by atoms with E-state index in [9.17, 15) is 8.42 Å². The highest BCUT2D eigenvalue weighted by atomic mass is 35.5. The van der Waals surface area contributed by atoms with Crippen LogP contribution in [0.15, 0.2) is 53.4 Å². The molecule has 5 nitrogen and oxygen atoms in total. The highest BCUT2D eigenvalue weighted by Crippen LogP contribution is 2.32. The summed E-state index contributed by atoms with van der Waals surface area (Å²) in [4.78, 5) is 0.284. The Bertz CT molecular complexity index is 829. The molecular weight excluding hydrogens is 395 g/mol. The van der Waals surface area contributed by atoms with Gasteiger partial charge in [0.1, 0.15) is 0 Å². The van der Waals surface area contributed by atoms with E-state index < -0.39 is 10.0 Å². The maximum Gasteiger partial charge on any atom is 0.243 e. The van der Waals surface area contributed by atoms with Gasteiger partial charge in [0.2, 0.25) is 10.0 Å². The minimum Gasteiger partial charge on any atom is -0.380 e. The summed E-state index contributed by atoms with van der Waals surface area (Å²) >= 11 is 6.31. The van der Waals surface area contributed by atoms with Crippen LogP contribution in [0.25, 0.3) is 0 Å². The lowest BCUT2D eigenvalue weighted by atomic mass is 10.1. The molecule has 8 heteroatoms. The van der Waals surface area contributed by atoms with E-state index in [4.69, 9.17) is 16.3 Å². The van der Waals surface area contributed by atoms with Gasteiger partial charge in [0.05, 0.1) is 17.5 Å². The SMILES string of the molecule is COCc1ccc(S(=O)(=O)N2CCNCC2c2ccccc2Cl)cc1.Cl. The standard InChI is InChI=1S/C18H21ClN2O3S.ClH/c1-24-13-14-6-8-15(9-7-14)25(22,23)21-11-10-20-12-18(21)16-4-2-3-5-17(16)19;/h2-9,18,20H,10-13H2,1H3;1H. The van der Waals surface area contributed by atoms with Crippen LogP contribution in [0, 0.1) is 0 Å². The van der Waals surface area contributed by atoms with Gasteiger partial charge in [-0.3, -0.25) is 0 Å². The van der Waals surface area contributed by atoms with Gasteiger partial charge >= 0.3 is 0 Å². The first kappa shape index (κ1) is 21.2. The van der Waals surface area contributed by atoms with Crippen LogP contribution in [0.5, 0.6) is 0 Å². The molecule has 1 atom stereocenters. The fourth-order valence-electron chi connectivity index (χ4n) is 3.04. The Kier molecular flexibility index (Phi) is 7.46. The normalized spacial score (nSPS) is 18.3. The van der Waals surface area contributed by atoms with E-state index in [1.807, 2.05) is 18.2 Å². The zero-order chi connectivity index (χ0) is 17.9. The minimum atomic E-state index is -3.61. The van der Waals surface area contributed by atoms with Gasteiger partial charge in [-0.2, -0.15) is 4.31 Å². The number of hydrogen-bond donors (Lipinski definition) is 1. The molecule has 0 spiro atoms. The van der Waals surface area contributed by atoms with Gasteiger partial charge < -0.3 is 10.1 Å². The van der Waals surface area contributed by atoms with Crippen molar-refractivity contribution in [3.8, 4) is 0 Å². The minimum absolute atomic E-state index is 0. The van der Waals surface area contributed by atoms with E-state index in [0.717, 1.165) is 11.1 Å². The summed E-state index contributed by atoms with van der Waals surface area (Å²) in [5.41, 5.74) is 1.75. The molecule has 0 bridgehead atoms. The fourth-order valence-corrected chi connectivity index (χ4v) is 4.91. The predicted molar refractivity (Wildman–Crippen MR) is 105 cm³/mol. The topological polar surface area (TPSA) is 58.6 Å². The van der Waals surface area contributed by atoms with Gasteiger partial charge in [-0.15, -0.1) is 12.4 Å². The molecule has 2 aromatic carbocycles. The molecule has 0 aromatic heterocycles. The van der Waals surface area contributed by atoms with Crippen LogP contribution in [0.3, 0.4) is 0 Å². The Morgan fingerprint density at radius 2 is 1.88 bits per heavy atom. The van der Waals surface area contributed by atoms with Crippen molar-refractivity contribution in [2.24, 2.45) is 0 Å². The van der Waals surface area contributed by atoms with E-state index in [1.165, 1.54) is 4.31 Å². The lowest BCUT2D eigenvalue weighted by Crippen LogP contribution is -2.48. The third-order valence-corrected chi connectivity index (χ3v) is 6.57. The predicted octanol–water partition coefficient (Wildman–Crippen LogP) is 3.24. The number of benzene rings is 2. The third-order valence-electron chi connectivity index (χ3n) is 4.30. The molecule has 0 aliphatic carbocycles. The van der Waals surface area contributed by atoms with Gasteiger partial charge in [0.15, 0.2) is 0 Å². The van der Waals surface area contributed by atoms with Crippen molar-refractivity contribution in [3.05, 3.63) is 64.7 Å². The molecule has 0 amide bonds. The highest BCUT2D eigenvalue weighted by Gasteiger charge is 2.35.